The molecule has 0 aliphatic carbocycles. The lowest BCUT2D eigenvalue weighted by atomic mass is 10.3. The van der Waals surface area contributed by atoms with E-state index in [4.69, 9.17) is 0 Å². The molecular weight excluding hydrogens is 306 g/mol. The van der Waals surface area contributed by atoms with Gasteiger partial charge in [-0.15, -0.1) is 11.3 Å². The first-order valence-electron chi connectivity index (χ1n) is 3.15. The van der Waals surface area contributed by atoms with E-state index in [1.54, 1.807) is 17.5 Å². The van der Waals surface area contributed by atoms with Crippen LogP contribution < -0.4 is 5.56 Å². The largest absolute Gasteiger partial charge is 0.328 e. The molecule has 0 unspecified atom stereocenters. The normalized spacial score (nSPS) is 10.8. The van der Waals surface area contributed by atoms with E-state index in [0.29, 0.717) is 0 Å². The number of pyridine rings is 1. The van der Waals surface area contributed by atoms with Crippen molar-refractivity contribution < 1.29 is 0 Å². The molecular formula is C7H3Br2NOS. The molecule has 0 fully saturated rings. The zero-order valence-electron chi connectivity index (χ0n) is 5.73. The highest BCUT2D eigenvalue weighted by Gasteiger charge is 2.09. The summed E-state index contributed by atoms with van der Waals surface area (Å²) in [6.45, 7) is 0. The minimum atomic E-state index is -0.0543. The van der Waals surface area contributed by atoms with E-state index in [-0.39, 0.29) is 5.56 Å². The SMILES string of the molecule is O=c1[nH]ccc2sc(Br)c(Br)c12. The Morgan fingerprint density at radius 2 is 2.17 bits per heavy atom. The van der Waals surface area contributed by atoms with Crippen LogP contribution in [0.3, 0.4) is 0 Å². The number of rotatable bonds is 0. The van der Waals surface area contributed by atoms with Gasteiger partial charge in [0.25, 0.3) is 5.56 Å². The molecule has 2 nitrogen and oxygen atoms in total. The topological polar surface area (TPSA) is 32.9 Å². The lowest BCUT2D eigenvalue weighted by Gasteiger charge is -1.86. The predicted molar refractivity (Wildman–Crippen MR) is 57.8 cm³/mol. The summed E-state index contributed by atoms with van der Waals surface area (Å²) in [7, 11) is 0. The van der Waals surface area contributed by atoms with Gasteiger partial charge in [-0.1, -0.05) is 0 Å². The second-order valence-electron chi connectivity index (χ2n) is 2.24. The van der Waals surface area contributed by atoms with Crippen molar-refractivity contribution in [1.82, 2.24) is 4.98 Å². The Morgan fingerprint density at radius 3 is 2.83 bits per heavy atom. The highest BCUT2D eigenvalue weighted by Crippen LogP contribution is 2.36. The van der Waals surface area contributed by atoms with Gasteiger partial charge in [0.1, 0.15) is 0 Å². The maximum atomic E-state index is 11.3. The molecule has 0 spiro atoms. The average Bonchev–Trinajstić information content (AvgIpc) is 2.29. The summed E-state index contributed by atoms with van der Waals surface area (Å²) in [5, 5.41) is 0.717. The quantitative estimate of drug-likeness (QED) is 0.797. The Kier molecular flexibility index (Phi) is 2.10. The molecule has 0 aromatic carbocycles. The monoisotopic (exact) mass is 307 g/mol. The van der Waals surface area contributed by atoms with Gasteiger partial charge in [-0.2, -0.15) is 0 Å². The Balaban J connectivity index is 3.07. The standard InChI is InChI=1S/C7H3Br2NOS/c8-5-4-3(12-6(5)9)1-2-10-7(4)11/h1-2H,(H,10,11). The first-order chi connectivity index (χ1) is 5.70. The number of hydrogen-bond acceptors (Lipinski definition) is 2. The van der Waals surface area contributed by atoms with E-state index in [2.05, 4.69) is 36.8 Å². The Bertz CT molecular complexity index is 488. The van der Waals surface area contributed by atoms with Crippen molar-refractivity contribution in [3.8, 4) is 0 Å². The van der Waals surface area contributed by atoms with Crippen LogP contribution in [0.15, 0.2) is 25.3 Å². The van der Waals surface area contributed by atoms with Gasteiger partial charge in [-0.25, -0.2) is 0 Å². The minimum Gasteiger partial charge on any atom is -0.328 e. The van der Waals surface area contributed by atoms with Crippen LogP contribution in [0.2, 0.25) is 0 Å². The summed E-state index contributed by atoms with van der Waals surface area (Å²) in [4.78, 5) is 13.9. The van der Waals surface area contributed by atoms with Crippen molar-refractivity contribution >= 4 is 53.3 Å². The smallest absolute Gasteiger partial charge is 0.257 e. The molecule has 0 saturated carbocycles. The fraction of sp³-hybridized carbons (Fsp3) is 0. The molecule has 5 heteroatoms. The Morgan fingerprint density at radius 1 is 1.42 bits per heavy atom. The van der Waals surface area contributed by atoms with Crippen molar-refractivity contribution in [3.63, 3.8) is 0 Å². The maximum absolute atomic E-state index is 11.3. The second-order valence-corrected chi connectivity index (χ2v) is 5.40. The minimum absolute atomic E-state index is 0.0543. The number of aromatic nitrogens is 1. The molecule has 0 radical (unpaired) electrons. The van der Waals surface area contributed by atoms with Gasteiger partial charge < -0.3 is 4.98 Å². The van der Waals surface area contributed by atoms with Crippen molar-refractivity contribution in [1.29, 1.82) is 0 Å². The number of hydrogen-bond donors (Lipinski definition) is 1. The zero-order chi connectivity index (χ0) is 8.72. The molecule has 0 aliphatic heterocycles. The molecule has 12 heavy (non-hydrogen) atoms. The van der Waals surface area contributed by atoms with Gasteiger partial charge >= 0.3 is 0 Å². The number of H-pyrrole nitrogens is 1. The number of aromatic amines is 1. The average molecular weight is 309 g/mol. The van der Waals surface area contributed by atoms with Crippen LogP contribution in [-0.4, -0.2) is 4.98 Å². The van der Waals surface area contributed by atoms with Crippen LogP contribution in [0, 0.1) is 0 Å². The molecule has 0 saturated heterocycles. The molecule has 2 aromatic heterocycles. The predicted octanol–water partition coefficient (Wildman–Crippen LogP) is 3.11. The number of nitrogens with one attached hydrogen (secondary N) is 1. The second kappa shape index (κ2) is 2.97. The van der Waals surface area contributed by atoms with Crippen LogP contribution in [0.1, 0.15) is 0 Å². The van der Waals surface area contributed by atoms with E-state index in [9.17, 15) is 4.79 Å². The molecule has 1 N–H and O–H groups in total. The summed E-state index contributed by atoms with van der Waals surface area (Å²) >= 11 is 8.25. The summed E-state index contributed by atoms with van der Waals surface area (Å²) in [5.41, 5.74) is -0.0543. The molecule has 2 heterocycles. The molecule has 0 aliphatic rings. The summed E-state index contributed by atoms with van der Waals surface area (Å²) < 4.78 is 2.77. The number of fused-ring (bicyclic) bond motifs is 1. The van der Waals surface area contributed by atoms with Crippen molar-refractivity contribution in [2.45, 2.75) is 0 Å². The number of thiophene rings is 1. The summed E-state index contributed by atoms with van der Waals surface area (Å²) in [6, 6.07) is 1.89. The summed E-state index contributed by atoms with van der Waals surface area (Å²) in [5.74, 6) is 0. The van der Waals surface area contributed by atoms with Gasteiger partial charge in [0.05, 0.1) is 13.6 Å². The third-order valence-electron chi connectivity index (χ3n) is 1.51. The van der Waals surface area contributed by atoms with Gasteiger partial charge in [0, 0.05) is 10.9 Å². The first kappa shape index (κ1) is 8.47. The fourth-order valence-electron chi connectivity index (χ4n) is 0.993. The van der Waals surface area contributed by atoms with Crippen LogP contribution in [0.4, 0.5) is 0 Å². The fourth-order valence-corrected chi connectivity index (χ4v) is 3.30. The van der Waals surface area contributed by atoms with Crippen LogP contribution in [-0.2, 0) is 0 Å². The molecule has 0 bridgehead atoms. The lowest BCUT2D eigenvalue weighted by Crippen LogP contribution is -2.02. The van der Waals surface area contributed by atoms with Crippen LogP contribution in [0.5, 0.6) is 0 Å². The third kappa shape index (κ3) is 1.16. The maximum Gasteiger partial charge on any atom is 0.257 e. The number of halogens is 2. The van der Waals surface area contributed by atoms with E-state index < -0.39 is 0 Å². The van der Waals surface area contributed by atoms with Crippen LogP contribution >= 0.6 is 43.2 Å². The molecule has 62 valence electrons. The summed E-state index contributed by atoms with van der Waals surface area (Å²) in [6.07, 6.45) is 1.65. The molecule has 2 aromatic rings. The third-order valence-corrected chi connectivity index (χ3v) is 4.93. The Labute approximate surface area is 88.9 Å². The lowest BCUT2D eigenvalue weighted by molar-refractivity contribution is 1.28. The molecule has 0 amide bonds. The van der Waals surface area contributed by atoms with E-state index >= 15 is 0 Å². The van der Waals surface area contributed by atoms with E-state index in [0.717, 1.165) is 18.3 Å². The highest BCUT2D eigenvalue weighted by atomic mass is 79.9. The van der Waals surface area contributed by atoms with Crippen LogP contribution in [0.25, 0.3) is 10.1 Å². The van der Waals surface area contributed by atoms with Gasteiger partial charge in [-0.05, 0) is 37.9 Å². The van der Waals surface area contributed by atoms with E-state index in [1.165, 1.54) is 0 Å². The van der Waals surface area contributed by atoms with Crippen molar-refractivity contribution in [2.24, 2.45) is 0 Å². The van der Waals surface area contributed by atoms with Crippen molar-refractivity contribution in [3.05, 3.63) is 30.9 Å². The van der Waals surface area contributed by atoms with Gasteiger partial charge in [0.2, 0.25) is 0 Å². The van der Waals surface area contributed by atoms with E-state index in [1.807, 2.05) is 6.07 Å². The molecule has 2 rings (SSSR count). The first-order valence-corrected chi connectivity index (χ1v) is 5.55. The van der Waals surface area contributed by atoms with Gasteiger partial charge in [0.15, 0.2) is 0 Å². The zero-order valence-corrected chi connectivity index (χ0v) is 9.72. The van der Waals surface area contributed by atoms with Gasteiger partial charge in [-0.3, -0.25) is 4.79 Å². The Hall–Kier alpha value is -0.130. The van der Waals surface area contributed by atoms with Crippen molar-refractivity contribution in [2.75, 3.05) is 0 Å². The highest BCUT2D eigenvalue weighted by molar-refractivity contribution is 9.13. The molecule has 0 atom stereocenters.